The quantitative estimate of drug-likeness (QED) is 0.883. The van der Waals surface area contributed by atoms with Crippen LogP contribution in [-0.2, 0) is 11.3 Å². The van der Waals surface area contributed by atoms with Crippen LogP contribution in [0.2, 0.25) is 0 Å². The molecule has 2 atom stereocenters. The number of rotatable bonds is 5. The monoisotopic (exact) mass is 367 g/mol. The average Bonchev–Trinajstić information content (AvgIpc) is 3.13. The van der Waals surface area contributed by atoms with Gasteiger partial charge in [-0.05, 0) is 42.2 Å². The zero-order chi connectivity index (χ0) is 18.7. The number of carbonyl (C=O) groups excluding carboxylic acids is 1. The smallest absolute Gasteiger partial charge is 0.253 e. The van der Waals surface area contributed by atoms with Gasteiger partial charge in [-0.3, -0.25) is 4.79 Å². The molecule has 2 aliphatic rings. The first-order chi connectivity index (χ1) is 13.2. The number of para-hydroxylation sites is 1. The molecule has 2 fully saturated rings. The van der Waals surface area contributed by atoms with Crippen LogP contribution in [0.3, 0.4) is 0 Å². The second-order valence-corrected chi connectivity index (χ2v) is 7.54. The number of carbonyl (C=O) groups is 1. The van der Waals surface area contributed by atoms with Crippen LogP contribution in [0.4, 0.5) is 0 Å². The van der Waals surface area contributed by atoms with Gasteiger partial charge in [-0.1, -0.05) is 30.3 Å². The molecule has 2 aromatic rings. The van der Waals surface area contributed by atoms with Crippen molar-refractivity contribution < 1.29 is 19.4 Å². The second kappa shape index (κ2) is 7.71. The predicted molar refractivity (Wildman–Crippen MR) is 102 cm³/mol. The molecule has 1 amide bonds. The Morgan fingerprint density at radius 3 is 2.67 bits per heavy atom. The van der Waals surface area contributed by atoms with Crippen molar-refractivity contribution in [1.82, 2.24) is 4.90 Å². The largest absolute Gasteiger partial charge is 0.489 e. The lowest BCUT2D eigenvalue weighted by Crippen LogP contribution is -2.43. The minimum atomic E-state index is -0.294. The summed E-state index contributed by atoms with van der Waals surface area (Å²) in [4.78, 5) is 14.8. The Hall–Kier alpha value is -2.37. The standard InChI is InChI=1S/C22H25NO4/c24-15-22-14-23(12-19(22)10-11-26-16-22)21(25)18-8-6-17(7-9-18)13-27-20-4-2-1-3-5-20/h1-9,19,24H,10-16H2/t19-,22+/m0/s1. The lowest BCUT2D eigenvalue weighted by Gasteiger charge is -2.36. The summed E-state index contributed by atoms with van der Waals surface area (Å²) in [5.41, 5.74) is 1.40. The number of fused-ring (bicyclic) bond motifs is 1. The van der Waals surface area contributed by atoms with Crippen molar-refractivity contribution >= 4 is 5.91 Å². The molecular weight excluding hydrogens is 342 g/mol. The normalized spacial score (nSPS) is 24.5. The lowest BCUT2D eigenvalue weighted by molar-refractivity contribution is -0.0556. The van der Waals surface area contributed by atoms with Gasteiger partial charge in [-0.25, -0.2) is 0 Å². The number of ether oxygens (including phenoxy) is 2. The average molecular weight is 367 g/mol. The summed E-state index contributed by atoms with van der Waals surface area (Å²) in [6, 6.07) is 17.3. The molecule has 0 aromatic heterocycles. The molecule has 0 unspecified atom stereocenters. The van der Waals surface area contributed by atoms with Crippen LogP contribution in [0, 0.1) is 11.3 Å². The third kappa shape index (κ3) is 3.70. The maximum Gasteiger partial charge on any atom is 0.253 e. The number of hydrogen-bond acceptors (Lipinski definition) is 4. The molecule has 0 saturated carbocycles. The van der Waals surface area contributed by atoms with Gasteiger partial charge in [-0.15, -0.1) is 0 Å². The Labute approximate surface area is 159 Å². The molecule has 0 spiro atoms. The summed E-state index contributed by atoms with van der Waals surface area (Å²) < 4.78 is 11.3. The van der Waals surface area contributed by atoms with Crippen LogP contribution < -0.4 is 4.74 Å². The topological polar surface area (TPSA) is 59.0 Å². The summed E-state index contributed by atoms with van der Waals surface area (Å²) in [5, 5.41) is 9.88. The fourth-order valence-electron chi connectivity index (χ4n) is 4.08. The van der Waals surface area contributed by atoms with Gasteiger partial charge in [0.2, 0.25) is 0 Å². The SMILES string of the molecule is O=C(c1ccc(COc2ccccc2)cc1)N1C[C@@H]2CCOC[C@]2(CO)C1. The highest BCUT2D eigenvalue weighted by Crippen LogP contribution is 2.41. The van der Waals surface area contributed by atoms with E-state index in [1.165, 1.54) is 0 Å². The van der Waals surface area contributed by atoms with Crippen molar-refractivity contribution in [2.24, 2.45) is 11.3 Å². The van der Waals surface area contributed by atoms with Crippen LogP contribution in [0.15, 0.2) is 54.6 Å². The minimum Gasteiger partial charge on any atom is -0.489 e. The van der Waals surface area contributed by atoms with Gasteiger partial charge in [0.15, 0.2) is 0 Å². The van der Waals surface area contributed by atoms with Gasteiger partial charge < -0.3 is 19.5 Å². The Morgan fingerprint density at radius 2 is 1.96 bits per heavy atom. The number of benzene rings is 2. The second-order valence-electron chi connectivity index (χ2n) is 7.54. The van der Waals surface area contributed by atoms with Gasteiger partial charge in [0.05, 0.1) is 13.2 Å². The number of likely N-dealkylation sites (tertiary alicyclic amines) is 1. The van der Waals surface area contributed by atoms with Crippen LogP contribution >= 0.6 is 0 Å². The molecule has 5 nitrogen and oxygen atoms in total. The van der Waals surface area contributed by atoms with Gasteiger partial charge in [0, 0.05) is 30.7 Å². The van der Waals surface area contributed by atoms with Crippen LogP contribution in [-0.4, -0.2) is 48.8 Å². The molecule has 0 bridgehead atoms. The zero-order valence-electron chi connectivity index (χ0n) is 15.3. The molecular formula is C22H25NO4. The number of aliphatic hydroxyl groups excluding tert-OH is 1. The predicted octanol–water partition coefficient (Wildman–Crippen LogP) is 2.74. The molecule has 1 N–H and O–H groups in total. The van der Waals surface area contributed by atoms with E-state index in [0.717, 1.165) is 17.7 Å². The molecule has 2 saturated heterocycles. The molecule has 142 valence electrons. The highest BCUT2D eigenvalue weighted by molar-refractivity contribution is 5.94. The fourth-order valence-corrected chi connectivity index (χ4v) is 4.08. The molecule has 5 heteroatoms. The molecule has 0 radical (unpaired) electrons. The number of hydrogen-bond donors (Lipinski definition) is 1. The van der Waals surface area contributed by atoms with E-state index in [-0.39, 0.29) is 17.9 Å². The Balaban J connectivity index is 1.39. The van der Waals surface area contributed by atoms with Gasteiger partial charge in [0.25, 0.3) is 5.91 Å². The van der Waals surface area contributed by atoms with Crippen LogP contribution in [0.1, 0.15) is 22.3 Å². The summed E-state index contributed by atoms with van der Waals surface area (Å²) >= 11 is 0. The summed E-state index contributed by atoms with van der Waals surface area (Å²) in [6.07, 6.45) is 0.903. The van der Waals surface area contributed by atoms with E-state index in [2.05, 4.69) is 0 Å². The number of nitrogens with zero attached hydrogens (tertiary/aromatic N) is 1. The molecule has 4 rings (SSSR count). The number of aliphatic hydroxyl groups is 1. The maximum atomic E-state index is 12.9. The van der Waals surface area contributed by atoms with Crippen molar-refractivity contribution in [3.05, 3.63) is 65.7 Å². The van der Waals surface area contributed by atoms with Crippen molar-refractivity contribution in [2.45, 2.75) is 13.0 Å². The minimum absolute atomic E-state index is 0.0211. The van der Waals surface area contributed by atoms with Gasteiger partial charge in [0.1, 0.15) is 12.4 Å². The van der Waals surface area contributed by atoms with E-state index in [9.17, 15) is 9.90 Å². The van der Waals surface area contributed by atoms with Crippen molar-refractivity contribution in [3.63, 3.8) is 0 Å². The molecule has 0 aliphatic carbocycles. The Morgan fingerprint density at radius 1 is 1.19 bits per heavy atom. The summed E-state index contributed by atoms with van der Waals surface area (Å²) in [7, 11) is 0. The fraction of sp³-hybridized carbons (Fsp3) is 0.409. The Kier molecular flexibility index (Phi) is 5.14. The highest BCUT2D eigenvalue weighted by Gasteiger charge is 2.49. The van der Waals surface area contributed by atoms with Gasteiger partial charge >= 0.3 is 0 Å². The van der Waals surface area contributed by atoms with E-state index < -0.39 is 0 Å². The summed E-state index contributed by atoms with van der Waals surface area (Å²) in [5.74, 6) is 1.17. The van der Waals surface area contributed by atoms with E-state index in [1.807, 2.05) is 59.5 Å². The van der Waals surface area contributed by atoms with Crippen molar-refractivity contribution in [3.8, 4) is 5.75 Å². The highest BCUT2D eigenvalue weighted by atomic mass is 16.5. The first kappa shape index (κ1) is 18.0. The van der Waals surface area contributed by atoms with Crippen LogP contribution in [0.25, 0.3) is 0 Å². The molecule has 2 heterocycles. The maximum absolute atomic E-state index is 12.9. The third-order valence-electron chi connectivity index (χ3n) is 5.76. The zero-order valence-corrected chi connectivity index (χ0v) is 15.3. The third-order valence-corrected chi connectivity index (χ3v) is 5.76. The van der Waals surface area contributed by atoms with Gasteiger partial charge in [-0.2, -0.15) is 0 Å². The van der Waals surface area contributed by atoms with E-state index in [4.69, 9.17) is 9.47 Å². The molecule has 2 aliphatic heterocycles. The van der Waals surface area contributed by atoms with E-state index in [0.29, 0.717) is 44.4 Å². The number of amides is 1. The van der Waals surface area contributed by atoms with Crippen molar-refractivity contribution in [2.75, 3.05) is 32.9 Å². The first-order valence-corrected chi connectivity index (χ1v) is 9.45. The molecule has 27 heavy (non-hydrogen) atoms. The lowest BCUT2D eigenvalue weighted by atomic mass is 9.76. The molecule has 2 aromatic carbocycles. The Bertz CT molecular complexity index is 777. The van der Waals surface area contributed by atoms with Crippen LogP contribution in [0.5, 0.6) is 5.75 Å². The van der Waals surface area contributed by atoms with Crippen molar-refractivity contribution in [1.29, 1.82) is 0 Å². The summed E-state index contributed by atoms with van der Waals surface area (Å²) in [6.45, 7) is 3.04. The van der Waals surface area contributed by atoms with E-state index in [1.54, 1.807) is 0 Å². The van der Waals surface area contributed by atoms with E-state index >= 15 is 0 Å². The first-order valence-electron chi connectivity index (χ1n) is 9.45.